The van der Waals surface area contributed by atoms with E-state index < -0.39 is 12.1 Å². The summed E-state index contributed by atoms with van der Waals surface area (Å²) in [7, 11) is 1.56. The molecule has 1 aromatic rings. The highest BCUT2D eigenvalue weighted by molar-refractivity contribution is 5.30. The van der Waals surface area contributed by atoms with E-state index in [1.165, 1.54) is 0 Å². The van der Waals surface area contributed by atoms with Crippen LogP contribution in [-0.2, 0) is 6.42 Å². The van der Waals surface area contributed by atoms with E-state index >= 15 is 0 Å². The summed E-state index contributed by atoms with van der Waals surface area (Å²) in [5.74, 6) is 0.707. The average molecular weight is 232 g/mol. The van der Waals surface area contributed by atoms with E-state index in [0.29, 0.717) is 5.75 Å². The molecule has 1 rings (SSSR count). The lowest BCUT2D eigenvalue weighted by atomic mass is 9.82. The van der Waals surface area contributed by atoms with E-state index in [9.17, 15) is 4.39 Å². The van der Waals surface area contributed by atoms with Crippen LogP contribution in [0, 0.1) is 28.1 Å². The Hall–Kier alpha value is -2.07. The van der Waals surface area contributed by atoms with E-state index in [-0.39, 0.29) is 12.8 Å². The molecule has 3 nitrogen and oxygen atoms in total. The third-order valence-electron chi connectivity index (χ3n) is 2.61. The van der Waals surface area contributed by atoms with Gasteiger partial charge in [0.15, 0.2) is 0 Å². The molecule has 0 saturated heterocycles. The molecule has 1 aromatic carbocycles. The first kappa shape index (κ1) is 13.0. The van der Waals surface area contributed by atoms with Crippen molar-refractivity contribution in [3.63, 3.8) is 0 Å². The van der Waals surface area contributed by atoms with Gasteiger partial charge in [-0.05, 0) is 17.7 Å². The van der Waals surface area contributed by atoms with E-state index in [4.69, 9.17) is 15.3 Å². The molecule has 0 N–H and O–H groups in total. The lowest BCUT2D eigenvalue weighted by Gasteiger charge is -2.16. The van der Waals surface area contributed by atoms with Gasteiger partial charge in [-0.25, -0.2) is 0 Å². The summed E-state index contributed by atoms with van der Waals surface area (Å²) >= 11 is 0. The van der Waals surface area contributed by atoms with Crippen LogP contribution in [0.1, 0.15) is 12.0 Å². The van der Waals surface area contributed by atoms with Crippen LogP contribution in [0.3, 0.4) is 0 Å². The maximum atomic E-state index is 12.4. The van der Waals surface area contributed by atoms with Crippen molar-refractivity contribution in [2.45, 2.75) is 12.8 Å². The molecule has 0 spiro atoms. The molecule has 0 saturated carbocycles. The number of ether oxygens (including phenoxy) is 1. The van der Waals surface area contributed by atoms with E-state index in [1.807, 2.05) is 12.1 Å². The monoisotopic (exact) mass is 232 g/mol. The van der Waals surface area contributed by atoms with E-state index in [2.05, 4.69) is 0 Å². The van der Waals surface area contributed by atoms with Gasteiger partial charge in [0.05, 0.1) is 25.9 Å². The van der Waals surface area contributed by atoms with Gasteiger partial charge in [-0.2, -0.15) is 10.5 Å². The van der Waals surface area contributed by atoms with Crippen LogP contribution in [0.2, 0.25) is 0 Å². The molecule has 17 heavy (non-hydrogen) atoms. The van der Waals surface area contributed by atoms with Crippen molar-refractivity contribution in [3.8, 4) is 17.9 Å². The lowest BCUT2D eigenvalue weighted by Crippen LogP contribution is -2.20. The zero-order chi connectivity index (χ0) is 12.7. The maximum absolute atomic E-state index is 12.4. The van der Waals surface area contributed by atoms with Crippen LogP contribution in [0.15, 0.2) is 24.3 Å². The Morgan fingerprint density at radius 2 is 1.82 bits per heavy atom. The van der Waals surface area contributed by atoms with Gasteiger partial charge in [0, 0.05) is 12.8 Å². The van der Waals surface area contributed by atoms with Crippen molar-refractivity contribution in [2.75, 3.05) is 13.8 Å². The highest BCUT2D eigenvalue weighted by atomic mass is 19.1. The molecule has 88 valence electrons. The van der Waals surface area contributed by atoms with Crippen LogP contribution < -0.4 is 4.74 Å². The van der Waals surface area contributed by atoms with Gasteiger partial charge < -0.3 is 4.74 Å². The number of rotatable bonds is 5. The Bertz CT molecular complexity index is 428. The summed E-state index contributed by atoms with van der Waals surface area (Å²) in [5, 5.41) is 18.0. The number of halogens is 1. The molecule has 0 aromatic heterocycles. The minimum atomic E-state index is -1.27. The first-order chi connectivity index (χ1) is 8.19. The Morgan fingerprint density at radius 3 is 2.24 bits per heavy atom. The molecule has 0 unspecified atom stereocenters. The van der Waals surface area contributed by atoms with Crippen LogP contribution in [-0.4, -0.2) is 13.8 Å². The Labute approximate surface area is 100 Å². The fourth-order valence-electron chi connectivity index (χ4n) is 1.56. The normalized spacial score (nSPS) is 10.4. The number of methoxy groups -OCH3 is 1. The molecule has 4 heteroatoms. The second kappa shape index (κ2) is 5.86. The molecule has 0 atom stereocenters. The van der Waals surface area contributed by atoms with Gasteiger partial charge in [0.2, 0.25) is 0 Å². The molecule has 0 aliphatic heterocycles. The molecule has 0 fully saturated rings. The first-order valence-electron chi connectivity index (χ1n) is 5.21. The molecular formula is C13H13FN2O. The highest BCUT2D eigenvalue weighted by Gasteiger charge is 2.30. The quantitative estimate of drug-likeness (QED) is 0.784. The number of nitrogens with zero attached hydrogens (tertiary/aromatic N) is 2. The fraction of sp³-hybridized carbons (Fsp3) is 0.385. The predicted molar refractivity (Wildman–Crippen MR) is 60.9 cm³/mol. The molecule has 0 heterocycles. The van der Waals surface area contributed by atoms with Gasteiger partial charge in [-0.1, -0.05) is 12.1 Å². The Morgan fingerprint density at radius 1 is 1.24 bits per heavy atom. The van der Waals surface area contributed by atoms with Gasteiger partial charge in [-0.15, -0.1) is 0 Å². The summed E-state index contributed by atoms with van der Waals surface area (Å²) < 4.78 is 17.4. The molecular weight excluding hydrogens is 219 g/mol. The van der Waals surface area contributed by atoms with Gasteiger partial charge in [-0.3, -0.25) is 4.39 Å². The molecule has 0 bridgehead atoms. The predicted octanol–water partition coefficient (Wildman–Crippen LogP) is 2.63. The summed E-state index contributed by atoms with van der Waals surface area (Å²) in [5.41, 5.74) is -0.453. The molecule has 0 aliphatic rings. The largest absolute Gasteiger partial charge is 0.497 e. The second-order valence-electron chi connectivity index (χ2n) is 3.77. The number of benzene rings is 1. The highest BCUT2D eigenvalue weighted by Crippen LogP contribution is 2.26. The molecule has 0 radical (unpaired) electrons. The van der Waals surface area contributed by atoms with Crippen molar-refractivity contribution in [1.82, 2.24) is 0 Å². The molecule has 0 aliphatic carbocycles. The third-order valence-corrected chi connectivity index (χ3v) is 2.61. The minimum Gasteiger partial charge on any atom is -0.497 e. The number of hydrogen-bond acceptors (Lipinski definition) is 3. The first-order valence-corrected chi connectivity index (χ1v) is 5.21. The van der Waals surface area contributed by atoms with Crippen molar-refractivity contribution >= 4 is 0 Å². The summed E-state index contributed by atoms with van der Waals surface area (Å²) in [6.45, 7) is -0.669. The smallest absolute Gasteiger partial charge is 0.150 e. The van der Waals surface area contributed by atoms with Crippen LogP contribution in [0.5, 0.6) is 5.75 Å². The minimum absolute atomic E-state index is 0.0635. The van der Waals surface area contributed by atoms with Crippen molar-refractivity contribution in [2.24, 2.45) is 5.41 Å². The zero-order valence-corrected chi connectivity index (χ0v) is 9.61. The number of alkyl halides is 1. The van der Waals surface area contributed by atoms with Gasteiger partial charge >= 0.3 is 0 Å². The van der Waals surface area contributed by atoms with E-state index in [0.717, 1.165) is 5.56 Å². The Kier molecular flexibility index (Phi) is 4.48. The lowest BCUT2D eigenvalue weighted by molar-refractivity contribution is 0.374. The summed E-state index contributed by atoms with van der Waals surface area (Å²) in [4.78, 5) is 0. The fourth-order valence-corrected chi connectivity index (χ4v) is 1.56. The summed E-state index contributed by atoms with van der Waals surface area (Å²) in [6, 6.07) is 10.9. The van der Waals surface area contributed by atoms with Crippen LogP contribution in [0.4, 0.5) is 4.39 Å². The topological polar surface area (TPSA) is 56.8 Å². The summed E-state index contributed by atoms with van der Waals surface area (Å²) in [6.07, 6.45) is 0.167. The van der Waals surface area contributed by atoms with Crippen molar-refractivity contribution in [3.05, 3.63) is 29.8 Å². The number of nitriles is 2. The standard InChI is InChI=1S/C13H13FN2O/c1-17-12-4-2-11(3-5-12)8-13(9-15,10-16)6-7-14/h2-5H,6-8H2,1H3. The van der Waals surface area contributed by atoms with Crippen LogP contribution in [0.25, 0.3) is 0 Å². The van der Waals surface area contributed by atoms with Crippen molar-refractivity contribution < 1.29 is 9.13 Å². The van der Waals surface area contributed by atoms with Crippen LogP contribution >= 0.6 is 0 Å². The SMILES string of the molecule is COc1ccc(CC(C#N)(C#N)CCF)cc1. The zero-order valence-electron chi connectivity index (χ0n) is 9.61. The van der Waals surface area contributed by atoms with E-state index in [1.54, 1.807) is 31.4 Å². The van der Waals surface area contributed by atoms with Gasteiger partial charge in [0.25, 0.3) is 0 Å². The second-order valence-corrected chi connectivity index (χ2v) is 3.77. The maximum Gasteiger partial charge on any atom is 0.150 e. The Balaban J connectivity index is 2.87. The van der Waals surface area contributed by atoms with Gasteiger partial charge in [0.1, 0.15) is 11.2 Å². The van der Waals surface area contributed by atoms with Crippen molar-refractivity contribution in [1.29, 1.82) is 10.5 Å². The third kappa shape index (κ3) is 3.19. The average Bonchev–Trinajstić information content (AvgIpc) is 2.39. The number of hydrogen-bond donors (Lipinski definition) is 0. The molecule has 0 amide bonds.